The first kappa shape index (κ1) is 18.8. The average Bonchev–Trinajstić information content (AvgIpc) is 2.98. The fourth-order valence-electron chi connectivity index (χ4n) is 3.03. The molecule has 6 nitrogen and oxygen atoms in total. The van der Waals surface area contributed by atoms with Crippen LogP contribution in [0.4, 0.5) is 5.69 Å². The van der Waals surface area contributed by atoms with Gasteiger partial charge in [-0.1, -0.05) is 58.4 Å². The highest BCUT2D eigenvalue weighted by molar-refractivity contribution is 9.10. The van der Waals surface area contributed by atoms with Crippen molar-refractivity contribution in [2.24, 2.45) is 0 Å². The van der Waals surface area contributed by atoms with Gasteiger partial charge >= 0.3 is 0 Å². The fourth-order valence-corrected chi connectivity index (χ4v) is 3.44. The zero-order valence-corrected chi connectivity index (χ0v) is 16.6. The van der Waals surface area contributed by atoms with E-state index < -0.39 is 4.92 Å². The molecule has 142 valence electrons. The van der Waals surface area contributed by atoms with E-state index in [1.807, 2.05) is 42.5 Å². The summed E-state index contributed by atoms with van der Waals surface area (Å²) in [7, 11) is 0. The van der Waals surface area contributed by atoms with Crippen LogP contribution in [-0.2, 0) is 0 Å². The molecule has 7 heteroatoms. The summed E-state index contributed by atoms with van der Waals surface area (Å²) < 4.78 is 2.48. The zero-order chi connectivity index (χ0) is 20.4. The Hall–Kier alpha value is -3.58. The van der Waals surface area contributed by atoms with Gasteiger partial charge in [0.15, 0.2) is 0 Å². The highest BCUT2D eigenvalue weighted by Crippen LogP contribution is 2.24. The predicted molar refractivity (Wildman–Crippen MR) is 117 cm³/mol. The van der Waals surface area contributed by atoms with Crippen LogP contribution in [0.1, 0.15) is 11.3 Å². The molecule has 0 saturated heterocycles. The molecular formula is C22H14BrN3O3. The van der Waals surface area contributed by atoms with Crippen LogP contribution in [0.5, 0.6) is 0 Å². The molecule has 0 aliphatic rings. The zero-order valence-electron chi connectivity index (χ0n) is 15.0. The van der Waals surface area contributed by atoms with Crippen LogP contribution in [0.15, 0.2) is 82.1 Å². The van der Waals surface area contributed by atoms with Crippen molar-refractivity contribution < 1.29 is 4.92 Å². The van der Waals surface area contributed by atoms with E-state index in [0.29, 0.717) is 22.3 Å². The van der Waals surface area contributed by atoms with E-state index >= 15 is 0 Å². The molecule has 0 aliphatic carbocycles. The minimum absolute atomic E-state index is 0.0211. The van der Waals surface area contributed by atoms with Crippen molar-refractivity contribution in [3.63, 3.8) is 0 Å². The van der Waals surface area contributed by atoms with Crippen LogP contribution in [-0.4, -0.2) is 14.7 Å². The first-order chi connectivity index (χ1) is 14.0. The monoisotopic (exact) mass is 447 g/mol. The lowest BCUT2D eigenvalue weighted by Gasteiger charge is -2.01. The lowest BCUT2D eigenvalue weighted by atomic mass is 10.2. The topological polar surface area (TPSA) is 78.0 Å². The van der Waals surface area contributed by atoms with Crippen molar-refractivity contribution in [2.45, 2.75) is 0 Å². The third-order valence-electron chi connectivity index (χ3n) is 4.44. The molecule has 0 radical (unpaired) electrons. The molecule has 0 spiro atoms. The Balaban J connectivity index is 1.90. The Kier molecular flexibility index (Phi) is 5.05. The van der Waals surface area contributed by atoms with Gasteiger partial charge in [-0.15, -0.1) is 0 Å². The van der Waals surface area contributed by atoms with Crippen LogP contribution in [0.25, 0.3) is 28.7 Å². The summed E-state index contributed by atoms with van der Waals surface area (Å²) in [5.74, 6) is 0. The van der Waals surface area contributed by atoms with Crippen LogP contribution in [0.2, 0.25) is 0 Å². The van der Waals surface area contributed by atoms with Crippen molar-refractivity contribution in [2.75, 3.05) is 0 Å². The van der Waals surface area contributed by atoms with Crippen LogP contribution < -0.4 is 5.43 Å². The normalized spacial score (nSPS) is 11.2. The third kappa shape index (κ3) is 3.72. The van der Waals surface area contributed by atoms with E-state index in [-0.39, 0.29) is 11.1 Å². The average molecular weight is 448 g/mol. The number of nitrogens with zero attached hydrogens (tertiary/aromatic N) is 3. The van der Waals surface area contributed by atoms with E-state index in [4.69, 9.17) is 0 Å². The van der Waals surface area contributed by atoms with E-state index in [1.54, 1.807) is 24.3 Å². The summed E-state index contributed by atoms with van der Waals surface area (Å²) in [5, 5.41) is 16.2. The molecule has 1 aromatic heterocycles. The smallest absolute Gasteiger partial charge is 0.269 e. The molecule has 3 aromatic carbocycles. The first-order valence-electron chi connectivity index (χ1n) is 8.74. The van der Waals surface area contributed by atoms with Crippen molar-refractivity contribution in [1.82, 2.24) is 9.78 Å². The predicted octanol–water partition coefficient (Wildman–Crippen LogP) is 5.23. The number of benzene rings is 2. The second kappa shape index (κ2) is 7.81. The van der Waals surface area contributed by atoms with Gasteiger partial charge in [-0.3, -0.25) is 14.9 Å². The quantitative estimate of drug-likeness (QED) is 0.317. The molecule has 0 N–H and O–H groups in total. The van der Waals surface area contributed by atoms with Gasteiger partial charge in [0.05, 0.1) is 16.3 Å². The van der Waals surface area contributed by atoms with Gasteiger partial charge in [-0.25, -0.2) is 4.68 Å². The number of non-ortho nitro benzene ring substituents is 1. The number of fused-ring (bicyclic) bond motifs is 1. The highest BCUT2D eigenvalue weighted by atomic mass is 79.9. The highest BCUT2D eigenvalue weighted by Gasteiger charge is 2.13. The maximum absolute atomic E-state index is 12.7. The summed E-state index contributed by atoms with van der Waals surface area (Å²) >= 11 is 3.52. The number of hydrogen-bond acceptors (Lipinski definition) is 4. The molecule has 0 unspecified atom stereocenters. The Morgan fingerprint density at radius 1 is 0.931 bits per heavy atom. The molecule has 0 amide bonds. The second-order valence-electron chi connectivity index (χ2n) is 6.27. The molecule has 0 fully saturated rings. The maximum atomic E-state index is 12.7. The molecule has 0 bridgehead atoms. The summed E-state index contributed by atoms with van der Waals surface area (Å²) in [6.45, 7) is 0. The van der Waals surface area contributed by atoms with Crippen molar-refractivity contribution in [3.8, 4) is 5.69 Å². The van der Waals surface area contributed by atoms with E-state index in [1.165, 1.54) is 22.9 Å². The van der Waals surface area contributed by atoms with Crippen molar-refractivity contribution >= 4 is 44.7 Å². The molecule has 1 heterocycles. The van der Waals surface area contributed by atoms with Gasteiger partial charge in [0.2, 0.25) is 5.43 Å². The third-order valence-corrected chi connectivity index (χ3v) is 5.16. The van der Waals surface area contributed by atoms with Crippen molar-refractivity contribution in [3.05, 3.63) is 109 Å². The van der Waals surface area contributed by atoms with E-state index in [9.17, 15) is 14.9 Å². The first-order valence-corrected chi connectivity index (χ1v) is 9.53. The molecule has 0 saturated carbocycles. The lowest BCUT2D eigenvalue weighted by molar-refractivity contribution is -0.384. The molecular weight excluding hydrogens is 434 g/mol. The summed E-state index contributed by atoms with van der Waals surface area (Å²) in [5.41, 5.74) is 2.39. The minimum Gasteiger partial charge on any atom is -0.288 e. The second-order valence-corrected chi connectivity index (χ2v) is 7.12. The SMILES string of the molecule is O=c1ccccc2c(C=Cc3ccccc3Br)nn(-c3ccc([N+](=O)[O-])cc3)c12. The maximum Gasteiger partial charge on any atom is 0.269 e. The van der Waals surface area contributed by atoms with Crippen LogP contribution in [0, 0.1) is 10.1 Å². The molecule has 4 aromatic rings. The number of nitro benzene ring substituents is 1. The van der Waals surface area contributed by atoms with Gasteiger partial charge in [0.1, 0.15) is 5.52 Å². The van der Waals surface area contributed by atoms with Crippen molar-refractivity contribution in [1.29, 1.82) is 0 Å². The molecule has 0 atom stereocenters. The molecule has 29 heavy (non-hydrogen) atoms. The summed E-state index contributed by atoms with van der Waals surface area (Å²) in [4.78, 5) is 23.2. The number of halogens is 1. The number of rotatable bonds is 4. The van der Waals surface area contributed by atoms with Gasteiger partial charge in [-0.05, 0) is 35.9 Å². The van der Waals surface area contributed by atoms with Gasteiger partial charge < -0.3 is 0 Å². The number of nitro groups is 1. The fraction of sp³-hybridized carbons (Fsp3) is 0. The van der Waals surface area contributed by atoms with Gasteiger partial charge in [-0.2, -0.15) is 5.10 Å². The Morgan fingerprint density at radius 2 is 1.62 bits per heavy atom. The Labute approximate surface area is 174 Å². The standard InChI is InChI=1S/C22H14BrN3O3/c23-19-7-3-1-5-15(19)9-14-20-18-6-2-4-8-21(27)22(18)25(24-20)16-10-12-17(13-11-16)26(28)29/h1-14H. The van der Waals surface area contributed by atoms with E-state index in [0.717, 1.165) is 10.0 Å². The number of hydrogen-bond donors (Lipinski definition) is 0. The van der Waals surface area contributed by atoms with E-state index in [2.05, 4.69) is 21.0 Å². The van der Waals surface area contributed by atoms with Gasteiger partial charge in [0, 0.05) is 22.0 Å². The number of aromatic nitrogens is 2. The molecule has 0 aliphatic heterocycles. The Bertz CT molecular complexity index is 1310. The van der Waals surface area contributed by atoms with Gasteiger partial charge in [0.25, 0.3) is 5.69 Å². The summed E-state index contributed by atoms with van der Waals surface area (Å²) in [6.07, 6.45) is 3.77. The van der Waals surface area contributed by atoms with Crippen LogP contribution >= 0.6 is 15.9 Å². The van der Waals surface area contributed by atoms with Crippen LogP contribution in [0.3, 0.4) is 0 Å². The lowest BCUT2D eigenvalue weighted by Crippen LogP contribution is -2.05. The summed E-state index contributed by atoms with van der Waals surface area (Å²) in [6, 6.07) is 20.5. The Morgan fingerprint density at radius 3 is 2.34 bits per heavy atom. The largest absolute Gasteiger partial charge is 0.288 e. The molecule has 4 rings (SSSR count). The minimum atomic E-state index is -0.462.